The topological polar surface area (TPSA) is 94.7 Å². The Balaban J connectivity index is 1.30. The SMILES string of the molecule is Cc1[nH]ncc1C(=O)N1CCN(C)[C@@H](C(=O)N2CCC(COc3ccccn3)CC2)C1. The maximum absolute atomic E-state index is 13.3. The maximum atomic E-state index is 13.3. The Bertz CT molecular complexity index is 894. The van der Waals surface area contributed by atoms with Gasteiger partial charge in [0, 0.05) is 50.7 Å². The van der Waals surface area contributed by atoms with Gasteiger partial charge in [0.25, 0.3) is 5.91 Å². The number of ether oxygens (including phenoxy) is 1. The molecule has 0 aromatic carbocycles. The smallest absolute Gasteiger partial charge is 0.257 e. The predicted octanol–water partition coefficient (Wildman–Crippen LogP) is 1.19. The van der Waals surface area contributed by atoms with Gasteiger partial charge in [-0.2, -0.15) is 5.10 Å². The average molecular weight is 427 g/mol. The van der Waals surface area contributed by atoms with Crippen LogP contribution in [0.1, 0.15) is 28.9 Å². The van der Waals surface area contributed by atoms with Gasteiger partial charge in [-0.3, -0.25) is 19.6 Å². The van der Waals surface area contributed by atoms with Crippen molar-refractivity contribution < 1.29 is 14.3 Å². The number of H-pyrrole nitrogens is 1. The highest BCUT2D eigenvalue weighted by molar-refractivity contribution is 5.95. The van der Waals surface area contributed by atoms with Gasteiger partial charge in [-0.25, -0.2) is 4.98 Å². The normalized spacial score (nSPS) is 20.6. The molecule has 0 bridgehead atoms. The van der Waals surface area contributed by atoms with Crippen molar-refractivity contribution in [3.8, 4) is 5.88 Å². The number of piperidine rings is 1. The van der Waals surface area contributed by atoms with E-state index in [0.717, 1.165) is 18.5 Å². The van der Waals surface area contributed by atoms with E-state index in [1.165, 1.54) is 0 Å². The minimum absolute atomic E-state index is 0.0671. The molecule has 2 aromatic rings. The molecule has 0 radical (unpaired) electrons. The largest absolute Gasteiger partial charge is 0.477 e. The molecular weight excluding hydrogens is 396 g/mol. The summed E-state index contributed by atoms with van der Waals surface area (Å²) in [6, 6.07) is 5.32. The van der Waals surface area contributed by atoms with Crippen molar-refractivity contribution in [2.24, 2.45) is 5.92 Å². The molecule has 2 aliphatic heterocycles. The molecule has 0 saturated carbocycles. The molecule has 4 heterocycles. The van der Waals surface area contributed by atoms with Crippen LogP contribution in [-0.2, 0) is 4.79 Å². The number of amides is 2. The number of nitrogens with zero attached hydrogens (tertiary/aromatic N) is 5. The molecule has 1 N–H and O–H groups in total. The Hall–Kier alpha value is -2.94. The molecule has 31 heavy (non-hydrogen) atoms. The molecule has 2 saturated heterocycles. The second kappa shape index (κ2) is 9.47. The Morgan fingerprint density at radius 2 is 1.97 bits per heavy atom. The van der Waals surface area contributed by atoms with Crippen LogP contribution < -0.4 is 4.74 Å². The first-order valence-corrected chi connectivity index (χ1v) is 10.8. The van der Waals surface area contributed by atoms with E-state index >= 15 is 0 Å². The van der Waals surface area contributed by atoms with Gasteiger partial charge in [0.05, 0.1) is 18.4 Å². The first-order valence-electron chi connectivity index (χ1n) is 10.8. The number of likely N-dealkylation sites (N-methyl/N-ethyl adjacent to an activating group) is 1. The second-order valence-corrected chi connectivity index (χ2v) is 8.40. The minimum atomic E-state index is -0.314. The summed E-state index contributed by atoms with van der Waals surface area (Å²) >= 11 is 0. The lowest BCUT2D eigenvalue weighted by Crippen LogP contribution is -2.60. The number of aromatic nitrogens is 3. The van der Waals surface area contributed by atoms with E-state index in [1.54, 1.807) is 17.3 Å². The lowest BCUT2D eigenvalue weighted by Gasteiger charge is -2.42. The number of aryl methyl sites for hydroxylation is 1. The number of carbonyl (C=O) groups is 2. The zero-order valence-electron chi connectivity index (χ0n) is 18.2. The van der Waals surface area contributed by atoms with Crippen LogP contribution in [0.4, 0.5) is 0 Å². The van der Waals surface area contributed by atoms with Crippen molar-refractivity contribution >= 4 is 11.8 Å². The summed E-state index contributed by atoms with van der Waals surface area (Å²) < 4.78 is 5.79. The molecule has 2 amide bonds. The summed E-state index contributed by atoms with van der Waals surface area (Å²) in [6.45, 7) is 5.57. The van der Waals surface area contributed by atoms with Gasteiger partial charge in [0.2, 0.25) is 11.8 Å². The van der Waals surface area contributed by atoms with Crippen molar-refractivity contribution in [3.63, 3.8) is 0 Å². The number of piperazine rings is 1. The number of hydrogen-bond acceptors (Lipinski definition) is 6. The Morgan fingerprint density at radius 3 is 2.65 bits per heavy atom. The molecule has 2 fully saturated rings. The summed E-state index contributed by atoms with van der Waals surface area (Å²) in [5.41, 5.74) is 1.33. The zero-order valence-corrected chi connectivity index (χ0v) is 18.2. The molecule has 2 aliphatic rings. The number of aromatic amines is 1. The molecule has 0 spiro atoms. The summed E-state index contributed by atoms with van der Waals surface area (Å²) in [5.74, 6) is 1.09. The number of nitrogens with one attached hydrogen (secondary N) is 1. The van der Waals surface area contributed by atoms with Gasteiger partial charge in [0.15, 0.2) is 0 Å². The van der Waals surface area contributed by atoms with E-state index < -0.39 is 0 Å². The number of rotatable bonds is 5. The molecule has 2 aromatic heterocycles. The van der Waals surface area contributed by atoms with Crippen LogP contribution in [0, 0.1) is 12.8 Å². The highest BCUT2D eigenvalue weighted by Gasteiger charge is 2.36. The molecule has 4 rings (SSSR count). The van der Waals surface area contributed by atoms with Crippen LogP contribution in [-0.4, -0.2) is 94.1 Å². The molecule has 166 valence electrons. The second-order valence-electron chi connectivity index (χ2n) is 8.40. The van der Waals surface area contributed by atoms with Gasteiger partial charge in [0.1, 0.15) is 6.04 Å². The fraction of sp³-hybridized carbons (Fsp3) is 0.545. The van der Waals surface area contributed by atoms with E-state index in [9.17, 15) is 9.59 Å². The maximum Gasteiger partial charge on any atom is 0.257 e. The zero-order chi connectivity index (χ0) is 21.8. The first kappa shape index (κ1) is 21.3. The average Bonchev–Trinajstić information content (AvgIpc) is 3.24. The quantitative estimate of drug-likeness (QED) is 0.772. The van der Waals surface area contributed by atoms with Crippen LogP contribution in [0.2, 0.25) is 0 Å². The molecule has 9 nitrogen and oxygen atoms in total. The molecule has 0 unspecified atom stereocenters. The van der Waals surface area contributed by atoms with Gasteiger partial charge in [-0.1, -0.05) is 6.07 Å². The third kappa shape index (κ3) is 4.87. The fourth-order valence-electron chi connectivity index (χ4n) is 4.23. The summed E-state index contributed by atoms with van der Waals surface area (Å²) in [4.78, 5) is 36.1. The Labute approximate surface area is 182 Å². The summed E-state index contributed by atoms with van der Waals surface area (Å²) in [5, 5.41) is 6.76. The van der Waals surface area contributed by atoms with Crippen LogP contribution in [0.15, 0.2) is 30.6 Å². The van der Waals surface area contributed by atoms with Crippen LogP contribution in [0.25, 0.3) is 0 Å². The van der Waals surface area contributed by atoms with Gasteiger partial charge < -0.3 is 14.5 Å². The molecule has 0 aliphatic carbocycles. The van der Waals surface area contributed by atoms with Crippen molar-refractivity contribution in [2.75, 3.05) is 46.4 Å². The highest BCUT2D eigenvalue weighted by atomic mass is 16.5. The van der Waals surface area contributed by atoms with Crippen LogP contribution in [0.3, 0.4) is 0 Å². The van der Waals surface area contributed by atoms with Crippen molar-refractivity contribution in [2.45, 2.75) is 25.8 Å². The first-order chi connectivity index (χ1) is 15.0. The summed E-state index contributed by atoms with van der Waals surface area (Å²) in [6.07, 6.45) is 5.10. The Kier molecular flexibility index (Phi) is 6.50. The standard InChI is InChI=1S/C22H30N6O3/c1-16-18(13-24-25-16)21(29)28-12-11-26(2)19(14-28)22(30)27-9-6-17(7-10-27)15-31-20-5-3-4-8-23-20/h3-5,8,13,17,19H,6-7,9-12,14-15H2,1-2H3,(H,24,25)/t19-/m1/s1. The van der Waals surface area contributed by atoms with Crippen molar-refractivity contribution in [3.05, 3.63) is 41.9 Å². The van der Waals surface area contributed by atoms with Crippen molar-refractivity contribution in [1.29, 1.82) is 0 Å². The van der Waals surface area contributed by atoms with Crippen molar-refractivity contribution in [1.82, 2.24) is 29.9 Å². The highest BCUT2D eigenvalue weighted by Crippen LogP contribution is 2.21. The third-order valence-electron chi connectivity index (χ3n) is 6.31. The van der Waals surface area contributed by atoms with Gasteiger partial charge in [-0.05, 0) is 38.8 Å². The van der Waals surface area contributed by atoms with E-state index in [-0.39, 0.29) is 17.9 Å². The van der Waals surface area contributed by atoms with E-state index in [2.05, 4.69) is 20.1 Å². The molecule has 9 heteroatoms. The van der Waals surface area contributed by atoms with E-state index in [1.807, 2.05) is 37.1 Å². The number of carbonyl (C=O) groups excluding carboxylic acids is 2. The molecule has 1 atom stereocenters. The Morgan fingerprint density at radius 1 is 1.16 bits per heavy atom. The lowest BCUT2D eigenvalue weighted by molar-refractivity contribution is -0.139. The monoisotopic (exact) mass is 426 g/mol. The lowest BCUT2D eigenvalue weighted by atomic mass is 9.97. The van der Waals surface area contributed by atoms with E-state index in [0.29, 0.717) is 56.7 Å². The number of hydrogen-bond donors (Lipinski definition) is 1. The number of likely N-dealkylation sites (tertiary alicyclic amines) is 1. The van der Waals surface area contributed by atoms with Gasteiger partial charge in [-0.15, -0.1) is 0 Å². The van der Waals surface area contributed by atoms with E-state index in [4.69, 9.17) is 4.74 Å². The predicted molar refractivity (Wildman–Crippen MR) is 115 cm³/mol. The summed E-state index contributed by atoms with van der Waals surface area (Å²) in [7, 11) is 1.96. The van der Waals surface area contributed by atoms with Crippen LogP contribution >= 0.6 is 0 Å². The molecular formula is C22H30N6O3. The minimum Gasteiger partial charge on any atom is -0.477 e. The fourth-order valence-corrected chi connectivity index (χ4v) is 4.23. The van der Waals surface area contributed by atoms with Crippen LogP contribution in [0.5, 0.6) is 5.88 Å². The van der Waals surface area contributed by atoms with Gasteiger partial charge >= 0.3 is 0 Å². The number of pyridine rings is 1. The third-order valence-corrected chi connectivity index (χ3v) is 6.31.